The third kappa shape index (κ3) is 4.81. The van der Waals surface area contributed by atoms with Gasteiger partial charge in [0.15, 0.2) is 0 Å². The highest BCUT2D eigenvalue weighted by Gasteiger charge is 2.23. The lowest BCUT2D eigenvalue weighted by atomic mass is 10.0. The fraction of sp³-hybridized carbons (Fsp3) is 0.529. The number of carbonyl (C=O) groups excluding carboxylic acids is 1. The molecule has 1 aromatic rings. The Morgan fingerprint density at radius 3 is 2.29 bits per heavy atom. The predicted molar refractivity (Wildman–Crippen MR) is 92.6 cm³/mol. The molecule has 0 radical (unpaired) electrons. The molecule has 0 aliphatic heterocycles. The van der Waals surface area contributed by atoms with Crippen molar-refractivity contribution in [2.24, 2.45) is 11.7 Å². The summed E-state index contributed by atoms with van der Waals surface area (Å²) >= 11 is 4.99. The fourth-order valence-electron chi connectivity index (χ4n) is 2.49. The second-order valence-electron chi connectivity index (χ2n) is 5.77. The molecule has 0 aliphatic carbocycles. The Hall–Kier alpha value is -1.42. The van der Waals surface area contributed by atoms with Crippen LogP contribution in [0.4, 0.5) is 0 Å². The van der Waals surface area contributed by atoms with Crippen molar-refractivity contribution in [3.05, 3.63) is 35.4 Å². The standard InChI is InChI=1S/C17H26N2OS/c1-5-15(6-2)19(11-12(3)4)17(20)14-9-7-8-13(10-14)16(18)21/h7-10,12,15H,5-6,11H2,1-4H3,(H2,18,21). The van der Waals surface area contributed by atoms with E-state index in [0.717, 1.165) is 24.9 Å². The molecule has 3 nitrogen and oxygen atoms in total. The Kier molecular flexibility index (Phi) is 6.82. The first kappa shape index (κ1) is 17.6. The van der Waals surface area contributed by atoms with E-state index in [1.165, 1.54) is 0 Å². The highest BCUT2D eigenvalue weighted by molar-refractivity contribution is 7.80. The molecule has 0 heterocycles. The van der Waals surface area contributed by atoms with Crippen LogP contribution in [-0.2, 0) is 0 Å². The Morgan fingerprint density at radius 1 is 1.24 bits per heavy atom. The predicted octanol–water partition coefficient (Wildman–Crippen LogP) is 3.61. The van der Waals surface area contributed by atoms with Crippen LogP contribution in [0.2, 0.25) is 0 Å². The largest absolute Gasteiger partial charge is 0.389 e. The minimum Gasteiger partial charge on any atom is -0.389 e. The molecule has 4 heteroatoms. The normalized spacial score (nSPS) is 11.0. The molecule has 0 saturated heterocycles. The van der Waals surface area contributed by atoms with Crippen LogP contribution in [-0.4, -0.2) is 28.4 Å². The van der Waals surface area contributed by atoms with Crippen LogP contribution in [0.3, 0.4) is 0 Å². The summed E-state index contributed by atoms with van der Waals surface area (Å²) < 4.78 is 0. The highest BCUT2D eigenvalue weighted by Crippen LogP contribution is 2.17. The molecule has 0 unspecified atom stereocenters. The zero-order valence-electron chi connectivity index (χ0n) is 13.4. The minimum absolute atomic E-state index is 0.0653. The SMILES string of the molecule is CCC(CC)N(CC(C)C)C(=O)c1cccc(C(N)=S)c1. The number of carbonyl (C=O) groups is 1. The van der Waals surface area contributed by atoms with Crippen molar-refractivity contribution < 1.29 is 4.79 Å². The smallest absolute Gasteiger partial charge is 0.254 e. The molecule has 0 aliphatic rings. The van der Waals surface area contributed by atoms with Gasteiger partial charge in [-0.1, -0.05) is 52.0 Å². The van der Waals surface area contributed by atoms with Gasteiger partial charge in [-0.25, -0.2) is 0 Å². The number of benzene rings is 1. The molecule has 1 rings (SSSR count). The first-order valence-corrected chi connectivity index (χ1v) is 8.02. The van der Waals surface area contributed by atoms with Gasteiger partial charge < -0.3 is 10.6 Å². The Balaban J connectivity index is 3.09. The summed E-state index contributed by atoms with van der Waals surface area (Å²) in [5, 5.41) is 0. The van der Waals surface area contributed by atoms with Gasteiger partial charge in [0.1, 0.15) is 4.99 Å². The van der Waals surface area contributed by atoms with Gasteiger partial charge in [0, 0.05) is 23.7 Å². The van der Waals surface area contributed by atoms with Gasteiger partial charge in [-0.2, -0.15) is 0 Å². The first-order valence-electron chi connectivity index (χ1n) is 7.61. The molecule has 0 fully saturated rings. The maximum absolute atomic E-state index is 12.9. The van der Waals surface area contributed by atoms with Gasteiger partial charge in [0.25, 0.3) is 5.91 Å². The van der Waals surface area contributed by atoms with Crippen molar-refractivity contribution in [1.29, 1.82) is 0 Å². The van der Waals surface area contributed by atoms with Gasteiger partial charge in [-0.15, -0.1) is 0 Å². The zero-order valence-corrected chi connectivity index (χ0v) is 14.2. The quantitative estimate of drug-likeness (QED) is 0.783. The van der Waals surface area contributed by atoms with Crippen LogP contribution >= 0.6 is 12.2 Å². The molecular formula is C17H26N2OS. The molecule has 0 saturated carbocycles. The number of hydrogen-bond acceptors (Lipinski definition) is 2. The third-order valence-electron chi connectivity index (χ3n) is 3.60. The van der Waals surface area contributed by atoms with Crippen molar-refractivity contribution in [3.8, 4) is 0 Å². The second-order valence-corrected chi connectivity index (χ2v) is 6.21. The van der Waals surface area contributed by atoms with Crippen molar-refractivity contribution in [2.75, 3.05) is 6.54 Å². The van der Waals surface area contributed by atoms with Gasteiger partial charge >= 0.3 is 0 Å². The number of thiocarbonyl (C=S) groups is 1. The summed E-state index contributed by atoms with van der Waals surface area (Å²) in [7, 11) is 0. The third-order valence-corrected chi connectivity index (χ3v) is 3.84. The zero-order chi connectivity index (χ0) is 16.0. The summed E-state index contributed by atoms with van der Waals surface area (Å²) in [4.78, 5) is 15.2. The van der Waals surface area contributed by atoms with Gasteiger partial charge in [-0.05, 0) is 30.9 Å². The van der Waals surface area contributed by atoms with E-state index in [1.54, 1.807) is 6.07 Å². The summed E-state index contributed by atoms with van der Waals surface area (Å²) in [6.45, 7) is 9.28. The number of hydrogen-bond donors (Lipinski definition) is 1. The summed E-state index contributed by atoms with van der Waals surface area (Å²) in [6.07, 6.45) is 1.92. The second kappa shape index (κ2) is 8.13. The average molecular weight is 306 g/mol. The van der Waals surface area contributed by atoms with Crippen molar-refractivity contribution in [2.45, 2.75) is 46.6 Å². The van der Waals surface area contributed by atoms with Crippen LogP contribution in [0.15, 0.2) is 24.3 Å². The van der Waals surface area contributed by atoms with E-state index in [-0.39, 0.29) is 11.9 Å². The molecule has 0 aromatic heterocycles. The Bertz CT molecular complexity index is 495. The molecule has 1 aromatic carbocycles. The number of rotatable bonds is 7. The van der Waals surface area contributed by atoms with E-state index >= 15 is 0 Å². The van der Waals surface area contributed by atoms with E-state index in [4.69, 9.17) is 18.0 Å². The van der Waals surface area contributed by atoms with E-state index in [1.807, 2.05) is 23.1 Å². The van der Waals surface area contributed by atoms with E-state index in [0.29, 0.717) is 16.5 Å². The van der Waals surface area contributed by atoms with Crippen molar-refractivity contribution >= 4 is 23.1 Å². The van der Waals surface area contributed by atoms with Gasteiger partial charge in [0.05, 0.1) is 0 Å². The Labute approximate surface area is 133 Å². The van der Waals surface area contributed by atoms with Crippen molar-refractivity contribution in [3.63, 3.8) is 0 Å². The Morgan fingerprint density at radius 2 is 1.81 bits per heavy atom. The lowest BCUT2D eigenvalue weighted by molar-refractivity contribution is 0.0640. The van der Waals surface area contributed by atoms with Crippen LogP contribution in [0, 0.1) is 5.92 Å². The average Bonchev–Trinajstić information content (AvgIpc) is 2.46. The number of nitrogens with two attached hydrogens (primary N) is 1. The summed E-state index contributed by atoms with van der Waals surface area (Å²) in [5.41, 5.74) is 7.06. The molecule has 116 valence electrons. The lowest BCUT2D eigenvalue weighted by Gasteiger charge is -2.32. The lowest BCUT2D eigenvalue weighted by Crippen LogP contribution is -2.42. The van der Waals surface area contributed by atoms with Gasteiger partial charge in [-0.3, -0.25) is 4.79 Å². The van der Waals surface area contributed by atoms with Gasteiger partial charge in [0.2, 0.25) is 0 Å². The van der Waals surface area contributed by atoms with E-state index in [9.17, 15) is 4.79 Å². The molecule has 0 spiro atoms. The van der Waals surface area contributed by atoms with Crippen LogP contribution in [0.25, 0.3) is 0 Å². The summed E-state index contributed by atoms with van der Waals surface area (Å²) in [6, 6.07) is 7.57. The summed E-state index contributed by atoms with van der Waals surface area (Å²) in [5.74, 6) is 0.504. The van der Waals surface area contributed by atoms with E-state index in [2.05, 4.69) is 27.7 Å². The van der Waals surface area contributed by atoms with Crippen molar-refractivity contribution in [1.82, 2.24) is 4.90 Å². The molecule has 21 heavy (non-hydrogen) atoms. The monoisotopic (exact) mass is 306 g/mol. The van der Waals surface area contributed by atoms with Crippen LogP contribution in [0.5, 0.6) is 0 Å². The van der Waals surface area contributed by atoms with Crippen LogP contribution in [0.1, 0.15) is 56.5 Å². The molecule has 2 N–H and O–H groups in total. The number of nitrogens with zero attached hydrogens (tertiary/aromatic N) is 1. The maximum atomic E-state index is 12.9. The fourth-order valence-corrected chi connectivity index (χ4v) is 2.62. The number of amides is 1. The van der Waals surface area contributed by atoms with E-state index < -0.39 is 0 Å². The highest BCUT2D eigenvalue weighted by atomic mass is 32.1. The first-order chi connectivity index (χ1) is 9.90. The molecule has 1 amide bonds. The minimum atomic E-state index is 0.0653. The molecular weight excluding hydrogens is 280 g/mol. The molecule has 0 atom stereocenters. The molecule has 0 bridgehead atoms. The topological polar surface area (TPSA) is 46.3 Å². The van der Waals surface area contributed by atoms with Crippen LogP contribution < -0.4 is 5.73 Å². The maximum Gasteiger partial charge on any atom is 0.254 e.